The maximum absolute atomic E-state index is 10.7. The summed E-state index contributed by atoms with van der Waals surface area (Å²) in [5.41, 5.74) is 0. The van der Waals surface area contributed by atoms with E-state index in [1.54, 1.807) is 0 Å². The van der Waals surface area contributed by atoms with Gasteiger partial charge in [0.15, 0.2) is 0 Å². The van der Waals surface area contributed by atoms with Gasteiger partial charge in [-0.2, -0.15) is 0 Å². The number of fused-ring (bicyclic) bond motifs is 6. The molecular formula is C18H36F12I4N4P2. The fourth-order valence-corrected chi connectivity index (χ4v) is 5.38. The summed E-state index contributed by atoms with van der Waals surface area (Å²) >= 11 is 8.48. The van der Waals surface area contributed by atoms with Crippen LogP contribution in [0, 0.1) is 0 Å². The molecule has 0 amide bonds. The van der Waals surface area contributed by atoms with E-state index in [1.807, 2.05) is 0 Å². The van der Waals surface area contributed by atoms with Gasteiger partial charge < -0.3 is 8.97 Å². The second-order valence-corrected chi connectivity index (χ2v) is 14.3. The van der Waals surface area contributed by atoms with Crippen LogP contribution in [0.3, 0.4) is 0 Å². The third-order valence-corrected chi connectivity index (χ3v) is 7.36. The molecule has 4 bridgehead atoms. The van der Waals surface area contributed by atoms with Crippen molar-refractivity contribution in [3.8, 4) is 0 Å². The van der Waals surface area contributed by atoms with Gasteiger partial charge in [-0.15, -0.1) is 0 Å². The summed E-state index contributed by atoms with van der Waals surface area (Å²) < 4.78 is 121. The smallest absolute Gasteiger partial charge is 0 e. The molecule has 0 aromatic carbocycles. The summed E-state index contributed by atoms with van der Waals surface area (Å²) in [5.74, 6) is 0. The molecule has 0 unspecified atom stereocenters. The summed E-state index contributed by atoms with van der Waals surface area (Å²) in [6.07, 6.45) is 5.92. The predicted octanol–water partition coefficient (Wildman–Crippen LogP) is 11.1. The van der Waals surface area contributed by atoms with E-state index >= 15 is 0 Å². The Balaban J connectivity index is 0.000000704. The minimum Gasteiger partial charge on any atom is 0 e. The van der Waals surface area contributed by atoms with Crippen LogP contribution in [-0.4, -0.2) is 110 Å². The summed E-state index contributed by atoms with van der Waals surface area (Å²) in [7, 11) is -21.3. The first kappa shape index (κ1) is 42.8. The van der Waals surface area contributed by atoms with Gasteiger partial charge in [0, 0.05) is 114 Å². The number of unbranched alkanes of at least 4 members (excludes halogenated alkanes) is 3. The maximum Gasteiger partial charge on any atom is 0 e. The Morgan fingerprint density at radius 1 is 0.400 bits per heavy atom. The molecular weight excluding hydrogens is 1070 g/mol. The molecule has 40 heavy (non-hydrogen) atoms. The number of halogens is 16. The second kappa shape index (κ2) is 14.7. The van der Waals surface area contributed by atoms with Crippen molar-refractivity contribution in [2.24, 2.45) is 0 Å². The molecule has 0 radical (unpaired) electrons. The van der Waals surface area contributed by atoms with Crippen molar-refractivity contribution in [3.05, 3.63) is 0 Å². The molecule has 6 fully saturated rings. The second-order valence-electron chi connectivity index (χ2n) is 10.5. The molecule has 0 atom stereocenters. The summed E-state index contributed by atoms with van der Waals surface area (Å²) in [6.45, 7) is 19.8. The molecule has 22 heteroatoms. The Labute approximate surface area is 273 Å². The molecule has 4 nitrogen and oxygen atoms in total. The van der Waals surface area contributed by atoms with Crippen molar-refractivity contribution in [2.75, 3.05) is 91.6 Å². The molecule has 6 aliphatic rings. The number of piperazine rings is 6. The molecule has 0 aromatic rings. The number of hydrogen-bond acceptors (Lipinski definition) is 2. The molecule has 0 N–H and O–H groups in total. The van der Waals surface area contributed by atoms with Crippen molar-refractivity contribution < 1.29 is 59.3 Å². The van der Waals surface area contributed by atoms with Crippen LogP contribution in [0.2, 0.25) is 0 Å². The fraction of sp³-hybridized carbons (Fsp3) is 1.00. The summed E-state index contributed by atoms with van der Waals surface area (Å²) in [5, 5.41) is 0. The zero-order valence-electron chi connectivity index (χ0n) is 21.5. The number of nitrogens with zero attached hydrogens (tertiary/aromatic N) is 4. The van der Waals surface area contributed by atoms with Crippen molar-refractivity contribution in [3.63, 3.8) is 0 Å². The predicted molar refractivity (Wildman–Crippen MR) is 174 cm³/mol. The Morgan fingerprint density at radius 3 is 0.750 bits per heavy atom. The van der Waals surface area contributed by atoms with Crippen LogP contribution in [0.4, 0.5) is 50.4 Å². The van der Waals surface area contributed by atoms with Gasteiger partial charge in [0.05, 0.1) is 52.4 Å². The molecule has 250 valence electrons. The van der Waals surface area contributed by atoms with Crippen molar-refractivity contribution in [2.45, 2.75) is 25.7 Å². The molecule has 6 saturated heterocycles. The van der Waals surface area contributed by atoms with Crippen LogP contribution in [-0.2, 0) is 0 Å². The van der Waals surface area contributed by atoms with Crippen molar-refractivity contribution in [1.82, 2.24) is 9.80 Å². The van der Waals surface area contributed by atoms with Crippen molar-refractivity contribution >= 4 is 90.1 Å². The van der Waals surface area contributed by atoms with E-state index in [9.17, 15) is 50.4 Å². The minimum absolute atomic E-state index is 1.37. The van der Waals surface area contributed by atoms with Gasteiger partial charge in [-0.05, 0) is 25.7 Å². The quantitative estimate of drug-likeness (QED) is 0.0824. The van der Waals surface area contributed by atoms with Gasteiger partial charge in [0.1, 0.15) is 0 Å². The Hall–Kier alpha value is 2.78. The topological polar surface area (TPSA) is 6.48 Å². The van der Waals surface area contributed by atoms with Gasteiger partial charge >= 0.3 is 66.0 Å². The number of rotatable bonds is 7. The van der Waals surface area contributed by atoms with Crippen LogP contribution in [0.25, 0.3) is 0 Å². The van der Waals surface area contributed by atoms with Crippen molar-refractivity contribution in [1.29, 1.82) is 0 Å². The Morgan fingerprint density at radius 2 is 0.575 bits per heavy atom. The first-order valence-corrected chi connectivity index (χ1v) is 28.9. The van der Waals surface area contributed by atoms with Crippen LogP contribution < -0.4 is 0 Å². The van der Waals surface area contributed by atoms with E-state index in [0.29, 0.717) is 0 Å². The zero-order valence-corrected chi connectivity index (χ0v) is 31.9. The molecule has 0 aliphatic carbocycles. The zero-order chi connectivity index (χ0) is 31.7. The molecule has 0 spiro atoms. The largest absolute Gasteiger partial charge is 0 e. The number of quaternary nitrogens is 2. The van der Waals surface area contributed by atoms with Gasteiger partial charge in [0.25, 0.3) is 0 Å². The fourth-order valence-electron chi connectivity index (χ4n) is 5.38. The van der Waals surface area contributed by atoms with Crippen LogP contribution in [0.15, 0.2) is 0 Å². The summed E-state index contributed by atoms with van der Waals surface area (Å²) in [4.78, 5) is 5.32. The van der Waals surface area contributed by atoms with Gasteiger partial charge in [-0.3, -0.25) is 9.80 Å². The van der Waals surface area contributed by atoms with E-state index in [2.05, 4.69) is 84.3 Å². The average molecular weight is 1110 g/mol. The number of hydrogen-bond donors (Lipinski definition) is 0. The monoisotopic (exact) mass is 1110 g/mol. The van der Waals surface area contributed by atoms with E-state index < -0.39 is 15.6 Å². The van der Waals surface area contributed by atoms with Gasteiger partial charge in [-0.25, -0.2) is 0 Å². The van der Waals surface area contributed by atoms with E-state index in [-0.39, 0.29) is 0 Å². The minimum atomic E-state index is -10.7. The van der Waals surface area contributed by atoms with Gasteiger partial charge in [0.2, 0.25) is 0 Å². The Kier molecular flexibility index (Phi) is 15.7. The molecule has 6 heterocycles. The van der Waals surface area contributed by atoms with Crippen LogP contribution in [0.1, 0.15) is 25.7 Å². The first-order valence-electron chi connectivity index (χ1n) is 12.2. The molecule has 6 rings (SSSR count). The Bertz CT molecular complexity index is 644. The molecule has 0 saturated carbocycles. The van der Waals surface area contributed by atoms with E-state index in [4.69, 9.17) is 0 Å². The maximum atomic E-state index is 9.87. The first-order chi connectivity index (χ1) is 17.7. The average Bonchev–Trinajstić information content (AvgIpc) is 2.82. The third kappa shape index (κ3) is 26.0. The summed E-state index contributed by atoms with van der Waals surface area (Å²) in [6, 6.07) is 0. The van der Waals surface area contributed by atoms with Crippen LogP contribution in [0.5, 0.6) is 0 Å². The third-order valence-electron chi connectivity index (χ3n) is 7.36. The normalized spacial score (nSPS) is 32.4. The van der Waals surface area contributed by atoms with E-state index in [1.165, 1.54) is 126 Å². The molecule has 6 aliphatic heterocycles. The van der Waals surface area contributed by atoms with E-state index in [0.717, 1.165) is 0 Å². The van der Waals surface area contributed by atoms with Gasteiger partial charge in [-0.1, -0.05) is 0 Å². The standard InChI is InChI=1S/C18H36N4.2F6P.2I2/c1(3-11-21-13-5-19(6-14-21)7-15-21)2-4-12-22-16-8-20(9-17-22)10-18-22;2*1-7(2,3,4,5)6;2*1-2/h1-18H2;;;;/q+2;2*-1;;. The SMILES string of the molecule is C(CCC[N+]12CCN(CC1)CC2)CC[N+]12CCN(CC1)CC2.F[P-](F)(F)(F)(F)F.F[P-](F)(F)(F)(F)F.II.II. The molecule has 0 aromatic heterocycles. The van der Waals surface area contributed by atoms with Crippen LogP contribution >= 0.6 is 90.1 Å².